The lowest BCUT2D eigenvalue weighted by Crippen LogP contribution is -2.19. The molecule has 1 heterocycles. The standard InChI is InChI=1S/C15H15N3O4/c1-2-21-15(20)22-13-7-5-11(6-8-13)17-14(19)18-12-4-3-9-16-10-12/h3-10H,2H2,1H3,(H2,17,18,19). The summed E-state index contributed by atoms with van der Waals surface area (Å²) in [5.74, 6) is 0.330. The van der Waals surface area contributed by atoms with E-state index in [0.29, 0.717) is 17.1 Å². The molecule has 7 heteroatoms. The summed E-state index contributed by atoms with van der Waals surface area (Å²) in [5.41, 5.74) is 1.14. The zero-order valence-electron chi connectivity index (χ0n) is 11.9. The van der Waals surface area contributed by atoms with E-state index >= 15 is 0 Å². The van der Waals surface area contributed by atoms with Gasteiger partial charge in [-0.05, 0) is 43.3 Å². The predicted molar refractivity (Wildman–Crippen MR) is 81.0 cm³/mol. The third-order valence-electron chi connectivity index (χ3n) is 2.49. The van der Waals surface area contributed by atoms with Gasteiger partial charge in [0.25, 0.3) is 0 Å². The van der Waals surface area contributed by atoms with Crippen molar-refractivity contribution in [3.63, 3.8) is 0 Å². The molecule has 0 fully saturated rings. The lowest BCUT2D eigenvalue weighted by molar-refractivity contribution is 0.104. The Morgan fingerprint density at radius 3 is 2.45 bits per heavy atom. The van der Waals surface area contributed by atoms with Gasteiger partial charge in [-0.15, -0.1) is 0 Å². The van der Waals surface area contributed by atoms with Gasteiger partial charge >= 0.3 is 12.2 Å². The first kappa shape index (κ1) is 15.3. The summed E-state index contributed by atoms with van der Waals surface area (Å²) in [7, 11) is 0. The van der Waals surface area contributed by atoms with E-state index in [1.807, 2.05) is 0 Å². The fourth-order valence-corrected chi connectivity index (χ4v) is 1.58. The highest BCUT2D eigenvalue weighted by atomic mass is 16.7. The van der Waals surface area contributed by atoms with Crippen molar-refractivity contribution in [3.8, 4) is 5.75 Å². The number of hydrogen-bond donors (Lipinski definition) is 2. The van der Waals surface area contributed by atoms with E-state index in [9.17, 15) is 9.59 Å². The molecule has 0 atom stereocenters. The highest BCUT2D eigenvalue weighted by Gasteiger charge is 2.06. The topological polar surface area (TPSA) is 89.5 Å². The van der Waals surface area contributed by atoms with Gasteiger partial charge in [-0.3, -0.25) is 4.98 Å². The number of nitrogens with zero attached hydrogens (tertiary/aromatic N) is 1. The van der Waals surface area contributed by atoms with Crippen LogP contribution in [0.15, 0.2) is 48.8 Å². The Balaban J connectivity index is 1.88. The molecule has 1 aromatic heterocycles. The molecule has 0 aliphatic carbocycles. The zero-order valence-corrected chi connectivity index (χ0v) is 11.9. The maximum atomic E-state index is 11.8. The normalized spacial score (nSPS) is 9.68. The third kappa shape index (κ3) is 4.78. The molecule has 0 saturated heterocycles. The number of benzene rings is 1. The van der Waals surface area contributed by atoms with Crippen molar-refractivity contribution in [3.05, 3.63) is 48.8 Å². The predicted octanol–water partition coefficient (Wildman–Crippen LogP) is 3.26. The van der Waals surface area contributed by atoms with Crippen LogP contribution in [0.1, 0.15) is 6.92 Å². The molecule has 7 nitrogen and oxygen atoms in total. The quantitative estimate of drug-likeness (QED) is 0.668. The monoisotopic (exact) mass is 301 g/mol. The summed E-state index contributed by atoms with van der Waals surface area (Å²) in [5, 5.41) is 5.28. The van der Waals surface area contributed by atoms with Crippen molar-refractivity contribution in [2.45, 2.75) is 6.92 Å². The maximum absolute atomic E-state index is 11.8. The molecule has 2 N–H and O–H groups in total. The zero-order chi connectivity index (χ0) is 15.8. The lowest BCUT2D eigenvalue weighted by atomic mass is 10.3. The Morgan fingerprint density at radius 2 is 1.82 bits per heavy atom. The Morgan fingerprint density at radius 1 is 1.09 bits per heavy atom. The molecule has 0 bridgehead atoms. The van der Waals surface area contributed by atoms with Gasteiger partial charge in [-0.25, -0.2) is 9.59 Å². The number of carbonyl (C=O) groups is 2. The van der Waals surface area contributed by atoms with E-state index in [2.05, 4.69) is 20.4 Å². The van der Waals surface area contributed by atoms with Crippen molar-refractivity contribution in [1.29, 1.82) is 0 Å². The van der Waals surface area contributed by atoms with Gasteiger partial charge in [0.05, 0.1) is 18.5 Å². The Hall–Kier alpha value is -3.09. The number of hydrogen-bond acceptors (Lipinski definition) is 5. The molecule has 0 unspecified atom stereocenters. The van der Waals surface area contributed by atoms with E-state index < -0.39 is 12.2 Å². The lowest BCUT2D eigenvalue weighted by Gasteiger charge is -2.08. The second kappa shape index (κ2) is 7.63. The summed E-state index contributed by atoms with van der Waals surface area (Å²) in [6.45, 7) is 1.93. The first-order valence-corrected chi connectivity index (χ1v) is 6.60. The molecular formula is C15H15N3O4. The van der Waals surface area contributed by atoms with Crippen molar-refractivity contribution in [2.75, 3.05) is 17.2 Å². The number of carbonyl (C=O) groups excluding carboxylic acids is 2. The molecule has 22 heavy (non-hydrogen) atoms. The second-order valence-corrected chi connectivity index (χ2v) is 4.13. The van der Waals surface area contributed by atoms with Crippen LogP contribution in [0.4, 0.5) is 21.0 Å². The van der Waals surface area contributed by atoms with Gasteiger partial charge in [-0.1, -0.05) is 0 Å². The third-order valence-corrected chi connectivity index (χ3v) is 2.49. The van der Waals surface area contributed by atoms with E-state index in [4.69, 9.17) is 4.74 Å². The molecule has 0 saturated carbocycles. The minimum absolute atomic E-state index is 0.243. The van der Waals surface area contributed by atoms with E-state index in [0.717, 1.165) is 0 Å². The van der Waals surface area contributed by atoms with Crippen molar-refractivity contribution in [1.82, 2.24) is 4.98 Å². The largest absolute Gasteiger partial charge is 0.513 e. The minimum Gasteiger partial charge on any atom is -0.434 e. The maximum Gasteiger partial charge on any atom is 0.513 e. The molecule has 0 radical (unpaired) electrons. The number of rotatable bonds is 4. The fraction of sp³-hybridized carbons (Fsp3) is 0.133. The van der Waals surface area contributed by atoms with Crippen LogP contribution in [-0.2, 0) is 4.74 Å². The summed E-state index contributed by atoms with van der Waals surface area (Å²) in [6.07, 6.45) is 2.39. The number of pyridine rings is 1. The van der Waals surface area contributed by atoms with Crippen LogP contribution < -0.4 is 15.4 Å². The fourth-order valence-electron chi connectivity index (χ4n) is 1.58. The highest BCUT2D eigenvalue weighted by Crippen LogP contribution is 2.16. The van der Waals surface area contributed by atoms with Gasteiger partial charge in [0.1, 0.15) is 5.75 Å². The Bertz CT molecular complexity index is 629. The molecular weight excluding hydrogens is 286 g/mol. The number of urea groups is 1. The van der Waals surface area contributed by atoms with Gasteiger partial charge < -0.3 is 20.1 Å². The smallest absolute Gasteiger partial charge is 0.434 e. The molecule has 0 spiro atoms. The van der Waals surface area contributed by atoms with E-state index in [1.165, 1.54) is 6.20 Å². The van der Waals surface area contributed by atoms with Crippen LogP contribution in [0.2, 0.25) is 0 Å². The van der Waals surface area contributed by atoms with E-state index in [-0.39, 0.29) is 6.61 Å². The van der Waals surface area contributed by atoms with E-state index in [1.54, 1.807) is 49.5 Å². The van der Waals surface area contributed by atoms with Gasteiger partial charge in [-0.2, -0.15) is 0 Å². The SMILES string of the molecule is CCOC(=O)Oc1ccc(NC(=O)Nc2cccnc2)cc1. The molecule has 2 rings (SSSR count). The van der Waals surface area contributed by atoms with Gasteiger partial charge in [0.2, 0.25) is 0 Å². The first-order chi connectivity index (χ1) is 10.7. The second-order valence-electron chi connectivity index (χ2n) is 4.13. The summed E-state index contributed by atoms with van der Waals surface area (Å²) >= 11 is 0. The van der Waals surface area contributed by atoms with Crippen molar-refractivity contribution < 1.29 is 19.1 Å². The Labute approximate surface area is 127 Å². The Kier molecular flexibility index (Phi) is 5.31. The molecule has 2 amide bonds. The van der Waals surface area contributed by atoms with Crippen LogP contribution in [0.5, 0.6) is 5.75 Å². The van der Waals surface area contributed by atoms with Crippen molar-refractivity contribution >= 4 is 23.6 Å². The number of nitrogens with one attached hydrogen (secondary N) is 2. The molecule has 114 valence electrons. The van der Waals surface area contributed by atoms with Gasteiger partial charge in [0, 0.05) is 11.9 Å². The molecule has 0 aliphatic rings. The van der Waals surface area contributed by atoms with Gasteiger partial charge in [0.15, 0.2) is 0 Å². The number of anilines is 2. The van der Waals surface area contributed by atoms with Crippen LogP contribution >= 0.6 is 0 Å². The number of ether oxygens (including phenoxy) is 2. The van der Waals surface area contributed by atoms with Crippen LogP contribution in [-0.4, -0.2) is 23.8 Å². The van der Waals surface area contributed by atoms with Crippen LogP contribution in [0.3, 0.4) is 0 Å². The molecule has 2 aromatic rings. The highest BCUT2D eigenvalue weighted by molar-refractivity contribution is 5.99. The number of amides is 2. The first-order valence-electron chi connectivity index (χ1n) is 6.60. The van der Waals surface area contributed by atoms with Crippen LogP contribution in [0.25, 0.3) is 0 Å². The molecule has 1 aromatic carbocycles. The minimum atomic E-state index is -0.766. The summed E-state index contributed by atoms with van der Waals surface area (Å²) in [6, 6.07) is 9.37. The average molecular weight is 301 g/mol. The summed E-state index contributed by atoms with van der Waals surface area (Å²) < 4.78 is 9.57. The van der Waals surface area contributed by atoms with Crippen molar-refractivity contribution in [2.24, 2.45) is 0 Å². The average Bonchev–Trinajstić information content (AvgIpc) is 2.50. The summed E-state index contributed by atoms with van der Waals surface area (Å²) in [4.78, 5) is 26.8. The number of aromatic nitrogens is 1. The molecule has 0 aliphatic heterocycles. The van der Waals surface area contributed by atoms with Crippen LogP contribution in [0, 0.1) is 0 Å².